The highest BCUT2D eigenvalue weighted by molar-refractivity contribution is 5.85. The molecule has 45 nitrogen and oxygen atoms in total. The Bertz CT molecular complexity index is 3260. The minimum atomic E-state index is -0.569. The predicted molar refractivity (Wildman–Crippen MR) is 560 cm³/mol. The molecule has 0 spiro atoms. The first-order valence-corrected chi connectivity index (χ1v) is 50.5. The highest BCUT2D eigenvalue weighted by atomic mass is 16.8. The van der Waals surface area contributed by atoms with Gasteiger partial charge in [0.1, 0.15) is 0 Å². The van der Waals surface area contributed by atoms with Gasteiger partial charge >= 0.3 is 31.9 Å². The van der Waals surface area contributed by atoms with E-state index in [1.807, 2.05) is 96.9 Å². The molecule has 0 radical (unpaired) electrons. The first-order valence-electron chi connectivity index (χ1n) is 50.5. The number of likely N-dealkylation sites (N-methyl/N-ethyl adjacent to an activating group) is 1. The Hall–Kier alpha value is -12.1. The molecule has 0 aromatic rings. The first kappa shape index (κ1) is 153. The first-order chi connectivity index (χ1) is 68.8. The van der Waals surface area contributed by atoms with Gasteiger partial charge in [-0.15, -0.1) is 25.3 Å². The second-order valence-corrected chi connectivity index (χ2v) is 32.9. The Morgan fingerprint density at radius 3 is 0.690 bits per heavy atom. The van der Waals surface area contributed by atoms with E-state index in [0.29, 0.717) is 142 Å². The zero-order valence-corrected chi connectivity index (χ0v) is 92.4. The number of carbonyl (C=O) groups excluding carboxylic acids is 20. The number of hydrogen-bond donors (Lipinski definition) is 10. The molecule has 5 unspecified atom stereocenters. The van der Waals surface area contributed by atoms with Crippen molar-refractivity contribution in [2.24, 2.45) is 69.7 Å². The number of allylic oxidation sites excluding steroid dienone is 5. The standard InChI is InChI=1S/C11H22N2O.C9H12N2O4.4C9H18N2O.4C6H7NO3.2C3H7NO.6C2H6.2CH3NO/c1-4-12-11(14)10-6-5-7-13(10)8-9(2)3;1-7-2-3-8(13)11(7)15-9(14)4-5-10-6-12;4*1-7(2)6-11-5-3-4-8(11)9(10)12;4*1-5-2-3-6(9)7(5)10-4-8;1-2-4-3-5;1-2-3(4)5;6*1-2;2*2-1-3/h9-10H,4-8H2,1-3H3,(H,12,14);6H,1-5H2,(H,10,12);4*7-8H,3-6H2,1-2H3,(H2,10,12);4*4H,1-3H2;3H,2H2,1H3,(H,4,5);2H2,1H3,(H2,4,5);6*1-2H3;2*1H,(H2,2,3)/i1+1,4+1,8+1,13+1;4+1,5+1,6+1,9+1,10+1;6+1,8+1,10+1,11+1;9+1,11+1;9+1,10+1;6+1,10+1;4*4+1;1+1,3+1,4+1;1+1,2+1,3+1,4+1;8*1+1,2+1. The largest absolute Gasteiger partial charge is 0.372 e. The Kier molecular flexibility index (Phi) is 106. The van der Waals surface area contributed by atoms with E-state index < -0.39 is 5.97 Å². The van der Waals surface area contributed by atoms with Gasteiger partial charge < -0.3 is 80.3 Å². The fourth-order valence-corrected chi connectivity index (χ4v) is 13.9. The molecule has 10 aliphatic heterocycles. The zero-order chi connectivity index (χ0) is 114. The molecular weight excluding hydrogens is 1930 g/mol. The Labute approximate surface area is 865 Å². The lowest BCUT2D eigenvalue weighted by atomic mass is 10.2. The molecule has 10 saturated heterocycles. The number of hydrogen-bond acceptors (Lipinski definition) is 30. The minimum Gasteiger partial charge on any atom is -0.372 e. The lowest BCUT2D eigenvalue weighted by molar-refractivity contribution is -0.186. The monoisotopic (exact) mass is 2120 g/mol. The van der Waals surface area contributed by atoms with Crippen LogP contribution in [0.4, 0.5) is 0 Å². The van der Waals surface area contributed by atoms with Gasteiger partial charge in [-0.2, -0.15) is 0 Å². The highest BCUT2D eigenvalue weighted by Crippen LogP contribution is 2.27. The van der Waals surface area contributed by atoms with Crippen LogP contribution in [0.25, 0.3) is 0 Å². The number of amides is 15. The van der Waals surface area contributed by atoms with Gasteiger partial charge in [0.05, 0.1) is 65.1 Å². The third kappa shape index (κ3) is 76.2. The normalized spacial score (nSPS) is 17.9. The van der Waals surface area contributed by atoms with Gasteiger partial charge in [-0.3, -0.25) is 116 Å². The van der Waals surface area contributed by atoms with Crippen LogP contribution in [0.15, 0.2) is 61.4 Å². The van der Waals surface area contributed by atoms with Gasteiger partial charge in [-0.25, -0.2) is 4.79 Å². The molecule has 0 aromatic heterocycles. The van der Waals surface area contributed by atoms with Crippen LogP contribution < -0.4 is 56.1 Å². The fourth-order valence-electron chi connectivity index (χ4n) is 13.9. The van der Waals surface area contributed by atoms with E-state index in [0.717, 1.165) is 168 Å². The van der Waals surface area contributed by atoms with Crippen LogP contribution in [0.5, 0.6) is 0 Å². The molecule has 840 valence electrons. The topological polar surface area (TPSA) is 638 Å². The number of nitrogens with zero attached hydrogens (tertiary/aromatic N) is 10. The van der Waals surface area contributed by atoms with Crippen LogP contribution in [-0.4, -0.2) is 288 Å². The Balaban J connectivity index is -0.000000170. The van der Waals surface area contributed by atoms with Crippen molar-refractivity contribution in [1.29, 1.82) is 0 Å². The quantitative estimate of drug-likeness (QED) is 0.0131. The van der Waals surface area contributed by atoms with Crippen molar-refractivity contribution in [3.8, 4) is 0 Å². The van der Waals surface area contributed by atoms with E-state index in [-0.39, 0.29) is 147 Å². The van der Waals surface area contributed by atoms with Crippen molar-refractivity contribution in [2.75, 3.05) is 85.1 Å². The molecule has 0 aromatic carbocycles. The fraction of sp³-hybridized carbons (Fsp3) is 0.700. The average Bonchev–Trinajstić information content (AvgIpc) is 1.73. The van der Waals surface area contributed by atoms with E-state index in [1.165, 1.54) is 0 Å². The molecule has 10 heterocycles. The van der Waals surface area contributed by atoms with Crippen LogP contribution in [0.3, 0.4) is 0 Å². The molecule has 0 bridgehead atoms. The smallest absolute Gasteiger partial charge is 0.334 e. The molecular formula is C100H190N20O25. The molecule has 10 fully saturated rings. The molecule has 145 heavy (non-hydrogen) atoms. The molecule has 10 rings (SSSR count). The van der Waals surface area contributed by atoms with Gasteiger partial charge in [-0.1, -0.05) is 192 Å². The maximum atomic E-state index is 11.7. The van der Waals surface area contributed by atoms with Crippen molar-refractivity contribution in [3.05, 3.63) is 61.4 Å². The Morgan fingerprint density at radius 2 is 0.538 bits per heavy atom. The minimum absolute atomic E-state index is 0.00685. The summed E-state index contributed by atoms with van der Waals surface area (Å²) in [5.74, 6) is 0.758. The summed E-state index contributed by atoms with van der Waals surface area (Å²) in [6.07, 6.45) is 17.2. The van der Waals surface area contributed by atoms with Crippen molar-refractivity contribution in [2.45, 2.75) is 345 Å². The van der Waals surface area contributed by atoms with Gasteiger partial charge in [0.15, 0.2) is 0 Å². The van der Waals surface area contributed by atoms with Gasteiger partial charge in [-0.05, 0) is 172 Å². The number of hydroxylamine groups is 10. The summed E-state index contributed by atoms with van der Waals surface area (Å²) in [6.45, 7) is 81.7. The van der Waals surface area contributed by atoms with Gasteiger partial charge in [0, 0.05) is 90.9 Å². The summed E-state index contributed by atoms with van der Waals surface area (Å²) in [5, 5.41) is 12.3. The van der Waals surface area contributed by atoms with E-state index in [9.17, 15) is 86.3 Å². The number of primary amides is 7. The van der Waals surface area contributed by atoms with Crippen LogP contribution >= 0.6 is 0 Å². The van der Waals surface area contributed by atoms with E-state index in [2.05, 4.69) is 179 Å². The summed E-state index contributed by atoms with van der Waals surface area (Å²) in [4.78, 5) is 239. The van der Waals surface area contributed by atoms with Crippen molar-refractivity contribution in [3.63, 3.8) is 0 Å². The molecule has 0 saturated carbocycles. The maximum absolute atomic E-state index is 11.7. The number of nitrogens with two attached hydrogens (primary N) is 7. The number of rotatable bonds is 32. The highest BCUT2D eigenvalue weighted by Gasteiger charge is 2.36. The van der Waals surface area contributed by atoms with Gasteiger partial charge in [0.25, 0.3) is 29.5 Å². The van der Waals surface area contributed by atoms with Crippen LogP contribution in [0.2, 0.25) is 0 Å². The molecule has 45 heteroatoms. The predicted octanol–water partition coefficient (Wildman–Crippen LogP) is 8.16. The second kappa shape index (κ2) is 101. The summed E-state index contributed by atoms with van der Waals surface area (Å²) in [6, 6.07) is 0.164. The van der Waals surface area contributed by atoms with Gasteiger partial charge in [0.2, 0.25) is 61.1 Å². The lowest BCUT2D eigenvalue weighted by Crippen LogP contribution is -2.44. The number of likely N-dealkylation sites (tertiary alicyclic amines) is 5. The number of nitrogens with one attached hydrogen (secondary N) is 3. The SMILES string of the molecule is C=C1CCC(=O)N1O[13CH]=O.C=C1CCC(=O)N1O[13CH]=O.C=C1CCC(=O)N1O[13CH]=O.C=C1CCC(=O)N1O[13CH]=O.C=C1CCC(=O)N1O[13C](=O)[13CH2][13CH2][15NH][13CH]=O.CC(C)CN1CCCC1[13C]([15NH2])=O.CC(C)C[15N]1CCCC1[13C](N)=O.CC(C)[13CH2]N1CCCC1C([15NH2])=O.CC(C)[13CH2][15N]1CCCC1C(=O)N[13CH2][13CH3].CC(C)[13CH2][15N]1CCC[13CH]1C([15NH2])=O.[13CH3]C[15NH][13CH]=O.[13CH3][13CH2][13C]([15NH2])=O.[13CH3][13CH3].[13CH3][13CH3].[13CH3][13CH3].[13CH3][13CH3].[13CH3][13CH3].[13CH3][13CH3].[15NH2][13CH]=O.[15NH2][13CH]=O. The van der Waals surface area contributed by atoms with Crippen LogP contribution in [0.1, 0.15) is 314 Å². The van der Waals surface area contributed by atoms with E-state index >= 15 is 0 Å². The third-order valence-corrected chi connectivity index (χ3v) is 19.5. The lowest BCUT2D eigenvalue weighted by Gasteiger charge is -2.24. The van der Waals surface area contributed by atoms with Crippen molar-refractivity contribution < 1.29 is 120 Å². The Morgan fingerprint density at radius 1 is 0.338 bits per heavy atom. The summed E-state index contributed by atoms with van der Waals surface area (Å²) < 4.78 is 0. The summed E-state index contributed by atoms with van der Waals surface area (Å²) in [5.41, 5.74) is 36.8. The third-order valence-electron chi connectivity index (χ3n) is 19.5. The molecule has 0 aliphatic carbocycles. The maximum Gasteiger partial charge on any atom is 0.334 e. The second-order valence-electron chi connectivity index (χ2n) is 32.9. The molecule has 17 N–H and O–H groups in total. The average molecular weight is 2120 g/mol. The summed E-state index contributed by atoms with van der Waals surface area (Å²) in [7, 11) is 0. The van der Waals surface area contributed by atoms with E-state index in [1.54, 1.807) is 6.92 Å². The number of carbonyl (C=O) groups is 20. The van der Waals surface area contributed by atoms with E-state index in [4.69, 9.17) is 37.4 Å². The molecule has 10 aliphatic rings. The molecule has 5 atom stereocenters. The van der Waals surface area contributed by atoms with Crippen LogP contribution in [-0.2, 0) is 120 Å². The van der Waals surface area contributed by atoms with Crippen LogP contribution in [0, 0.1) is 29.6 Å². The van der Waals surface area contributed by atoms with Crippen molar-refractivity contribution in [1.82, 2.24) is 65.8 Å². The molecule has 15 amide bonds. The zero-order valence-electron chi connectivity index (χ0n) is 92.4. The van der Waals surface area contributed by atoms with Crippen molar-refractivity contribution >= 4 is 122 Å². The summed E-state index contributed by atoms with van der Waals surface area (Å²) >= 11 is 0.